The number of carbonyl (C=O) groups is 1. The van der Waals surface area contributed by atoms with Crippen molar-refractivity contribution in [3.63, 3.8) is 0 Å². The van der Waals surface area contributed by atoms with Crippen LogP contribution in [0.2, 0.25) is 0 Å². The van der Waals surface area contributed by atoms with Crippen molar-refractivity contribution in [1.82, 2.24) is 25.0 Å². The minimum Gasteiger partial charge on any atom is -0.454 e. The third kappa shape index (κ3) is 3.80. The number of aryl methyl sites for hydroxylation is 2. The summed E-state index contributed by atoms with van der Waals surface area (Å²) in [6.45, 7) is 3.92. The minimum atomic E-state index is -0.144. The Bertz CT molecular complexity index is 1260. The monoisotopic (exact) mass is 448 g/mol. The van der Waals surface area contributed by atoms with Gasteiger partial charge in [-0.3, -0.25) is 14.5 Å². The topological polar surface area (TPSA) is 107 Å². The number of rotatable bonds is 6. The predicted molar refractivity (Wildman–Crippen MR) is 120 cm³/mol. The molecule has 0 saturated heterocycles. The Morgan fingerprint density at radius 2 is 1.94 bits per heavy atom. The normalized spacial score (nSPS) is 12.2. The Kier molecular flexibility index (Phi) is 5.28. The Labute approximate surface area is 188 Å². The zero-order valence-electron chi connectivity index (χ0n) is 17.5. The average molecular weight is 449 g/mol. The van der Waals surface area contributed by atoms with Crippen molar-refractivity contribution in [3.05, 3.63) is 59.9 Å². The standard InChI is InChI=1S/C22H20N6O3S/c1-13-20(14(2)25-24-13)23-19(29)11-32-22-27-26-21(28(22)16-6-4-3-5-7-16)15-8-9-17-18(10-15)31-12-30-17/h3-10H,11-12H2,1-2H3,(H,23,29)(H,24,25). The molecule has 3 heterocycles. The molecule has 0 unspecified atom stereocenters. The van der Waals surface area contributed by atoms with E-state index in [4.69, 9.17) is 9.47 Å². The predicted octanol–water partition coefficient (Wildman–Crippen LogP) is 3.73. The van der Waals surface area contributed by atoms with Crippen molar-refractivity contribution in [3.8, 4) is 28.6 Å². The van der Waals surface area contributed by atoms with Gasteiger partial charge >= 0.3 is 0 Å². The van der Waals surface area contributed by atoms with Crippen LogP contribution in [0.15, 0.2) is 53.7 Å². The second-order valence-corrected chi connectivity index (χ2v) is 8.13. The third-order valence-electron chi connectivity index (χ3n) is 5.00. The van der Waals surface area contributed by atoms with Crippen LogP contribution in [0.25, 0.3) is 17.1 Å². The molecule has 2 aromatic heterocycles. The number of H-pyrrole nitrogens is 1. The van der Waals surface area contributed by atoms with Crippen LogP contribution in [-0.2, 0) is 4.79 Å². The summed E-state index contributed by atoms with van der Waals surface area (Å²) in [5.74, 6) is 2.06. The van der Waals surface area contributed by atoms with Crippen LogP contribution in [-0.4, -0.2) is 43.4 Å². The number of hydrogen-bond acceptors (Lipinski definition) is 7. The van der Waals surface area contributed by atoms with Crippen molar-refractivity contribution in [2.45, 2.75) is 19.0 Å². The van der Waals surface area contributed by atoms with Gasteiger partial charge in [-0.05, 0) is 44.2 Å². The van der Waals surface area contributed by atoms with E-state index in [1.54, 1.807) is 0 Å². The number of nitrogens with one attached hydrogen (secondary N) is 2. The highest BCUT2D eigenvalue weighted by atomic mass is 32.2. The molecule has 0 fully saturated rings. The number of ether oxygens (including phenoxy) is 2. The summed E-state index contributed by atoms with van der Waals surface area (Å²) in [5.41, 5.74) is 4.01. The fourth-order valence-electron chi connectivity index (χ4n) is 3.44. The molecular formula is C22H20N6O3S. The summed E-state index contributed by atoms with van der Waals surface area (Å²) in [6.07, 6.45) is 0. The van der Waals surface area contributed by atoms with Gasteiger partial charge in [0, 0.05) is 11.3 Å². The molecule has 162 valence electrons. The quantitative estimate of drug-likeness (QED) is 0.433. The molecule has 1 aliphatic rings. The van der Waals surface area contributed by atoms with Gasteiger partial charge in [-0.25, -0.2) is 0 Å². The molecule has 10 heteroatoms. The Morgan fingerprint density at radius 1 is 1.12 bits per heavy atom. The molecule has 5 rings (SSSR count). The Morgan fingerprint density at radius 3 is 2.72 bits per heavy atom. The van der Waals surface area contributed by atoms with Crippen molar-refractivity contribution in [2.75, 3.05) is 17.9 Å². The summed E-state index contributed by atoms with van der Waals surface area (Å²) < 4.78 is 12.9. The molecule has 2 aromatic carbocycles. The summed E-state index contributed by atoms with van der Waals surface area (Å²) in [4.78, 5) is 12.6. The number of anilines is 1. The smallest absolute Gasteiger partial charge is 0.234 e. The number of nitrogens with zero attached hydrogens (tertiary/aromatic N) is 4. The molecule has 0 spiro atoms. The lowest BCUT2D eigenvalue weighted by molar-refractivity contribution is -0.113. The van der Waals surface area contributed by atoms with Crippen LogP contribution in [0.5, 0.6) is 11.5 Å². The number of thioether (sulfide) groups is 1. The number of benzene rings is 2. The molecule has 32 heavy (non-hydrogen) atoms. The number of aromatic amines is 1. The Hall–Kier alpha value is -3.79. The highest BCUT2D eigenvalue weighted by molar-refractivity contribution is 7.99. The zero-order valence-corrected chi connectivity index (χ0v) is 18.3. The van der Waals surface area contributed by atoms with E-state index in [9.17, 15) is 4.79 Å². The van der Waals surface area contributed by atoms with Gasteiger partial charge in [0.05, 0.1) is 22.8 Å². The number of para-hydroxylation sites is 1. The molecule has 2 N–H and O–H groups in total. The maximum Gasteiger partial charge on any atom is 0.234 e. The van der Waals surface area contributed by atoms with Gasteiger partial charge in [-0.1, -0.05) is 30.0 Å². The van der Waals surface area contributed by atoms with E-state index in [1.165, 1.54) is 11.8 Å². The maximum atomic E-state index is 12.6. The van der Waals surface area contributed by atoms with Gasteiger partial charge in [0.15, 0.2) is 22.5 Å². The van der Waals surface area contributed by atoms with Crippen LogP contribution in [0.1, 0.15) is 11.4 Å². The number of carbonyl (C=O) groups excluding carboxylic acids is 1. The largest absolute Gasteiger partial charge is 0.454 e. The molecule has 4 aromatic rings. The lowest BCUT2D eigenvalue weighted by Crippen LogP contribution is -2.15. The minimum absolute atomic E-state index is 0.144. The van der Waals surface area contributed by atoms with Crippen molar-refractivity contribution < 1.29 is 14.3 Å². The second-order valence-electron chi connectivity index (χ2n) is 7.19. The number of amides is 1. The summed E-state index contributed by atoms with van der Waals surface area (Å²) in [7, 11) is 0. The van der Waals surface area contributed by atoms with Gasteiger partial charge in [0.2, 0.25) is 12.7 Å². The maximum absolute atomic E-state index is 12.6. The number of fused-ring (bicyclic) bond motifs is 1. The lowest BCUT2D eigenvalue weighted by atomic mass is 10.2. The summed E-state index contributed by atoms with van der Waals surface area (Å²) in [6, 6.07) is 15.5. The van der Waals surface area contributed by atoms with E-state index in [-0.39, 0.29) is 18.5 Å². The zero-order chi connectivity index (χ0) is 22.1. The molecule has 0 aliphatic carbocycles. The second kappa shape index (κ2) is 8.39. The van der Waals surface area contributed by atoms with Crippen LogP contribution in [0.3, 0.4) is 0 Å². The van der Waals surface area contributed by atoms with Gasteiger partial charge in [-0.15, -0.1) is 10.2 Å². The van der Waals surface area contributed by atoms with E-state index in [0.29, 0.717) is 28.2 Å². The number of aromatic nitrogens is 5. The van der Waals surface area contributed by atoms with Crippen LogP contribution in [0.4, 0.5) is 5.69 Å². The van der Waals surface area contributed by atoms with Crippen molar-refractivity contribution in [1.29, 1.82) is 0 Å². The van der Waals surface area contributed by atoms with E-state index in [0.717, 1.165) is 22.6 Å². The fourth-order valence-corrected chi connectivity index (χ4v) is 4.19. The Balaban J connectivity index is 1.43. The van der Waals surface area contributed by atoms with Crippen LogP contribution < -0.4 is 14.8 Å². The van der Waals surface area contributed by atoms with Gasteiger partial charge in [0.25, 0.3) is 0 Å². The van der Waals surface area contributed by atoms with E-state index >= 15 is 0 Å². The molecule has 9 nitrogen and oxygen atoms in total. The fraction of sp³-hybridized carbons (Fsp3) is 0.182. The molecule has 0 saturated carbocycles. The highest BCUT2D eigenvalue weighted by Gasteiger charge is 2.21. The highest BCUT2D eigenvalue weighted by Crippen LogP contribution is 2.37. The molecule has 0 radical (unpaired) electrons. The first-order valence-electron chi connectivity index (χ1n) is 9.95. The molecule has 0 bridgehead atoms. The third-order valence-corrected chi connectivity index (χ3v) is 5.93. The SMILES string of the molecule is Cc1n[nH]c(C)c1NC(=O)CSc1nnc(-c2ccc3c(c2)OCO3)n1-c1ccccc1. The summed E-state index contributed by atoms with van der Waals surface area (Å²) in [5, 5.41) is 19.3. The van der Waals surface area contributed by atoms with Crippen molar-refractivity contribution in [2.24, 2.45) is 0 Å². The van der Waals surface area contributed by atoms with E-state index in [1.807, 2.05) is 66.9 Å². The molecule has 1 amide bonds. The van der Waals surface area contributed by atoms with Gasteiger partial charge < -0.3 is 14.8 Å². The first-order valence-corrected chi connectivity index (χ1v) is 10.9. The summed E-state index contributed by atoms with van der Waals surface area (Å²) >= 11 is 1.32. The molecule has 1 aliphatic heterocycles. The lowest BCUT2D eigenvalue weighted by Gasteiger charge is -2.11. The van der Waals surface area contributed by atoms with Crippen LogP contribution in [0, 0.1) is 13.8 Å². The van der Waals surface area contributed by atoms with Crippen molar-refractivity contribution >= 4 is 23.4 Å². The van der Waals surface area contributed by atoms with Crippen LogP contribution >= 0.6 is 11.8 Å². The molecule has 0 atom stereocenters. The van der Waals surface area contributed by atoms with Gasteiger partial charge in [-0.2, -0.15) is 5.10 Å². The number of hydrogen-bond donors (Lipinski definition) is 2. The average Bonchev–Trinajstić information content (AvgIpc) is 3.53. The first kappa shape index (κ1) is 20.1. The molecular weight excluding hydrogens is 428 g/mol. The van der Waals surface area contributed by atoms with Gasteiger partial charge in [0.1, 0.15) is 0 Å². The first-order chi connectivity index (χ1) is 15.6. The van der Waals surface area contributed by atoms with E-state index in [2.05, 4.69) is 25.7 Å². The van der Waals surface area contributed by atoms with E-state index < -0.39 is 0 Å².